The number of ether oxygens (including phenoxy) is 2. The first kappa shape index (κ1) is 15.1. The molecule has 80 valence electrons. The Kier molecular flexibility index (Phi) is 16.5. The molecule has 2 heteroatoms. The van der Waals surface area contributed by atoms with Gasteiger partial charge in [0.2, 0.25) is 0 Å². The molecule has 0 aromatic rings. The maximum Gasteiger partial charge on any atom is 0.154 e. The molecule has 13 heavy (non-hydrogen) atoms. The first-order chi connectivity index (χ1) is 6.22. The molecule has 0 bridgehead atoms. The summed E-state index contributed by atoms with van der Waals surface area (Å²) in [6, 6.07) is 0. The van der Waals surface area contributed by atoms with Crippen LogP contribution in [0.5, 0.6) is 0 Å². The second-order valence-corrected chi connectivity index (χ2v) is 2.46. The fraction of sp³-hybridized carbons (Fsp3) is 0.818. The molecule has 0 aliphatic rings. The van der Waals surface area contributed by atoms with Crippen molar-refractivity contribution in [3.63, 3.8) is 0 Å². The van der Waals surface area contributed by atoms with E-state index in [4.69, 9.17) is 9.47 Å². The minimum atomic E-state index is -0.0370. The third-order valence-corrected chi connectivity index (χ3v) is 1.27. The van der Waals surface area contributed by atoms with Gasteiger partial charge in [-0.25, -0.2) is 0 Å². The number of rotatable bonds is 5. The van der Waals surface area contributed by atoms with E-state index in [-0.39, 0.29) is 6.29 Å². The zero-order valence-corrected chi connectivity index (χ0v) is 9.67. The van der Waals surface area contributed by atoms with Crippen molar-refractivity contribution in [2.75, 3.05) is 13.2 Å². The lowest BCUT2D eigenvalue weighted by Gasteiger charge is -2.09. The van der Waals surface area contributed by atoms with Crippen LogP contribution in [0, 0.1) is 0 Å². The summed E-state index contributed by atoms with van der Waals surface area (Å²) in [5, 5.41) is 0. The van der Waals surface area contributed by atoms with E-state index in [2.05, 4.69) is 19.1 Å². The molecular weight excluding hydrogens is 164 g/mol. The first-order valence-electron chi connectivity index (χ1n) is 5.07. The van der Waals surface area contributed by atoms with Crippen molar-refractivity contribution >= 4 is 0 Å². The first-order valence-corrected chi connectivity index (χ1v) is 5.07. The summed E-state index contributed by atoms with van der Waals surface area (Å²) in [5.41, 5.74) is 0. The molecule has 0 aromatic carbocycles. The highest BCUT2D eigenvalue weighted by molar-refractivity contribution is 4.73. The Morgan fingerprint density at radius 1 is 1.08 bits per heavy atom. The van der Waals surface area contributed by atoms with Crippen molar-refractivity contribution in [1.82, 2.24) is 0 Å². The van der Waals surface area contributed by atoms with Gasteiger partial charge in [-0.2, -0.15) is 0 Å². The lowest BCUT2D eigenvalue weighted by Crippen LogP contribution is -2.11. The van der Waals surface area contributed by atoms with Crippen LogP contribution in [0.1, 0.15) is 41.0 Å². The van der Waals surface area contributed by atoms with Gasteiger partial charge in [0, 0.05) is 13.2 Å². The Morgan fingerprint density at radius 2 is 1.54 bits per heavy atom. The summed E-state index contributed by atoms with van der Waals surface area (Å²) in [7, 11) is 0. The van der Waals surface area contributed by atoms with E-state index in [1.165, 1.54) is 0 Å². The predicted octanol–water partition coefficient (Wildman–Crippen LogP) is 3.38. The second-order valence-electron chi connectivity index (χ2n) is 2.46. The molecule has 2 nitrogen and oxygen atoms in total. The van der Waals surface area contributed by atoms with Gasteiger partial charge in [0.05, 0.1) is 0 Å². The molecule has 0 aliphatic carbocycles. The van der Waals surface area contributed by atoms with Crippen LogP contribution in [0.15, 0.2) is 12.2 Å². The summed E-state index contributed by atoms with van der Waals surface area (Å²) in [6.45, 7) is 11.4. The fourth-order valence-corrected chi connectivity index (χ4v) is 0.753. The largest absolute Gasteiger partial charge is 0.353 e. The highest BCUT2D eigenvalue weighted by atomic mass is 16.7. The van der Waals surface area contributed by atoms with Crippen LogP contribution < -0.4 is 0 Å². The number of hydrogen-bond donors (Lipinski definition) is 0. The van der Waals surface area contributed by atoms with Gasteiger partial charge in [-0.3, -0.25) is 0 Å². The smallest absolute Gasteiger partial charge is 0.154 e. The highest BCUT2D eigenvalue weighted by Crippen LogP contribution is 1.90. The minimum Gasteiger partial charge on any atom is -0.353 e. The van der Waals surface area contributed by atoms with Crippen LogP contribution in [-0.4, -0.2) is 19.5 Å². The Morgan fingerprint density at radius 3 is 1.69 bits per heavy atom. The van der Waals surface area contributed by atoms with E-state index in [1.807, 2.05) is 27.7 Å². The Hall–Kier alpha value is -0.340. The van der Waals surface area contributed by atoms with Gasteiger partial charge < -0.3 is 9.47 Å². The fourth-order valence-electron chi connectivity index (χ4n) is 0.753. The van der Waals surface area contributed by atoms with E-state index in [0.29, 0.717) is 0 Å². The zero-order valence-electron chi connectivity index (χ0n) is 9.67. The van der Waals surface area contributed by atoms with Crippen LogP contribution >= 0.6 is 0 Å². The average molecular weight is 188 g/mol. The topological polar surface area (TPSA) is 18.5 Å². The van der Waals surface area contributed by atoms with Crippen LogP contribution in [-0.2, 0) is 9.47 Å². The quantitative estimate of drug-likeness (QED) is 0.486. The summed E-state index contributed by atoms with van der Waals surface area (Å²) in [6.07, 6.45) is 5.31. The van der Waals surface area contributed by atoms with Gasteiger partial charge in [-0.15, -0.1) is 0 Å². The molecule has 0 saturated carbocycles. The third-order valence-electron chi connectivity index (χ3n) is 1.27. The highest BCUT2D eigenvalue weighted by Gasteiger charge is 1.94. The van der Waals surface area contributed by atoms with Crippen molar-refractivity contribution in [3.05, 3.63) is 12.2 Å². The van der Waals surface area contributed by atoms with Crippen molar-refractivity contribution < 1.29 is 9.47 Å². The molecule has 0 spiro atoms. The van der Waals surface area contributed by atoms with E-state index in [0.717, 1.165) is 19.6 Å². The third kappa shape index (κ3) is 18.5. The number of allylic oxidation sites excluding steroid dienone is 2. The minimum absolute atomic E-state index is 0.0370. The molecule has 0 N–H and O–H groups in total. The Labute approximate surface area is 82.9 Å². The van der Waals surface area contributed by atoms with Gasteiger partial charge in [0.25, 0.3) is 0 Å². The molecule has 0 saturated heterocycles. The SMILES string of the molecule is C/C=C/CC.CCOC(C)OCC. The van der Waals surface area contributed by atoms with Gasteiger partial charge in [-0.05, 0) is 34.1 Å². The van der Waals surface area contributed by atoms with Crippen molar-refractivity contribution in [2.45, 2.75) is 47.3 Å². The van der Waals surface area contributed by atoms with Crippen LogP contribution in [0.2, 0.25) is 0 Å². The lowest BCUT2D eigenvalue weighted by atomic mass is 10.4. The summed E-state index contributed by atoms with van der Waals surface area (Å²) in [4.78, 5) is 0. The zero-order chi connectivity index (χ0) is 10.5. The Bertz CT molecular complexity index is 94.3. The molecule has 0 rings (SSSR count). The van der Waals surface area contributed by atoms with Crippen molar-refractivity contribution in [1.29, 1.82) is 0 Å². The summed E-state index contributed by atoms with van der Waals surface area (Å²) < 4.78 is 10.1. The van der Waals surface area contributed by atoms with Gasteiger partial charge in [-0.1, -0.05) is 19.1 Å². The molecule has 0 fully saturated rings. The molecular formula is C11H24O2. The van der Waals surface area contributed by atoms with Crippen molar-refractivity contribution in [3.8, 4) is 0 Å². The summed E-state index contributed by atoms with van der Waals surface area (Å²) in [5.74, 6) is 0. The molecule has 0 heterocycles. The monoisotopic (exact) mass is 188 g/mol. The Balaban J connectivity index is 0. The predicted molar refractivity (Wildman–Crippen MR) is 57.8 cm³/mol. The van der Waals surface area contributed by atoms with E-state index in [1.54, 1.807) is 0 Å². The van der Waals surface area contributed by atoms with Gasteiger partial charge >= 0.3 is 0 Å². The number of hydrogen-bond acceptors (Lipinski definition) is 2. The molecule has 0 unspecified atom stereocenters. The molecule has 0 amide bonds. The van der Waals surface area contributed by atoms with Crippen LogP contribution in [0.25, 0.3) is 0 Å². The lowest BCUT2D eigenvalue weighted by molar-refractivity contribution is -0.123. The molecule has 0 aromatic heterocycles. The molecule has 0 aliphatic heterocycles. The van der Waals surface area contributed by atoms with E-state index < -0.39 is 0 Å². The van der Waals surface area contributed by atoms with E-state index >= 15 is 0 Å². The standard InChI is InChI=1S/C6H14O2.C5H10/c1-4-7-6(3)8-5-2;1-3-5-4-2/h6H,4-5H2,1-3H3;3,5H,4H2,1-2H3/b;5-3+. The second kappa shape index (κ2) is 14.2. The van der Waals surface area contributed by atoms with Crippen LogP contribution in [0.4, 0.5) is 0 Å². The van der Waals surface area contributed by atoms with Gasteiger partial charge in [0.1, 0.15) is 0 Å². The summed E-state index contributed by atoms with van der Waals surface area (Å²) >= 11 is 0. The van der Waals surface area contributed by atoms with Crippen molar-refractivity contribution in [2.24, 2.45) is 0 Å². The molecule has 0 radical (unpaired) electrons. The van der Waals surface area contributed by atoms with Crippen LogP contribution in [0.3, 0.4) is 0 Å². The van der Waals surface area contributed by atoms with Gasteiger partial charge in [0.15, 0.2) is 6.29 Å². The molecule has 0 atom stereocenters. The average Bonchev–Trinajstić information content (AvgIpc) is 2.08. The maximum absolute atomic E-state index is 5.06. The maximum atomic E-state index is 5.06. The normalized spacial score (nSPS) is 10.3. The van der Waals surface area contributed by atoms with E-state index in [9.17, 15) is 0 Å².